The zero-order chi connectivity index (χ0) is 19.6. The molecule has 142 valence electrons. The summed E-state index contributed by atoms with van der Waals surface area (Å²) in [7, 11) is 0. The number of nitrogens with one attached hydrogen (secondary N) is 1. The van der Waals surface area contributed by atoms with Crippen molar-refractivity contribution in [3.63, 3.8) is 0 Å². The number of aliphatic hydroxyl groups excluding tert-OH is 3. The largest absolute Gasteiger partial charge is 0.394 e. The number of benzene rings is 1. The van der Waals surface area contributed by atoms with Gasteiger partial charge in [-0.2, -0.15) is 4.57 Å². The molecule has 1 saturated heterocycles. The second-order valence-electron chi connectivity index (χ2n) is 6.17. The molecule has 1 fully saturated rings. The van der Waals surface area contributed by atoms with Crippen LogP contribution in [0, 0.1) is 0 Å². The van der Waals surface area contributed by atoms with E-state index in [1.165, 1.54) is 22.9 Å². The summed E-state index contributed by atoms with van der Waals surface area (Å²) >= 11 is 0. The predicted octanol–water partition coefficient (Wildman–Crippen LogP) is -1.06. The molecule has 2 amide bonds. The number of pyridine rings is 1. The number of primary amides is 1. The van der Waals surface area contributed by atoms with E-state index in [1.54, 1.807) is 30.5 Å². The summed E-state index contributed by atoms with van der Waals surface area (Å²) in [5.74, 6) is -1.05. The number of carbonyl (C=O) groups is 2. The van der Waals surface area contributed by atoms with Gasteiger partial charge in [-0.15, -0.1) is 0 Å². The van der Waals surface area contributed by atoms with Crippen LogP contribution in [-0.4, -0.2) is 52.1 Å². The van der Waals surface area contributed by atoms with E-state index in [0.717, 1.165) is 0 Å². The highest BCUT2D eigenvalue weighted by atomic mass is 16.6. The first-order valence-corrected chi connectivity index (χ1v) is 8.25. The van der Waals surface area contributed by atoms with Gasteiger partial charge in [0.15, 0.2) is 18.5 Å². The summed E-state index contributed by atoms with van der Waals surface area (Å²) in [6.07, 6.45) is -1.31. The van der Waals surface area contributed by atoms with Crippen molar-refractivity contribution in [3.05, 3.63) is 59.9 Å². The molecule has 1 aromatic carbocycles. The lowest BCUT2D eigenvalue weighted by atomic mass is 10.1. The van der Waals surface area contributed by atoms with Gasteiger partial charge in [0, 0.05) is 17.3 Å². The number of nitrogens with zero attached hydrogens (tertiary/aromatic N) is 1. The average Bonchev–Trinajstić information content (AvgIpc) is 2.96. The molecule has 0 radical (unpaired) electrons. The summed E-state index contributed by atoms with van der Waals surface area (Å²) in [5.41, 5.74) is 6.16. The topological polar surface area (TPSA) is 146 Å². The lowest BCUT2D eigenvalue weighted by Gasteiger charge is -2.11. The molecule has 6 N–H and O–H groups in total. The SMILES string of the molecule is NC(=O)c1cccc(NC(=O)c2ccc[n+](C3OC(CO)[C@@H](O)[C@H]3O)c2)c1. The number of aromatic nitrogens is 1. The van der Waals surface area contributed by atoms with Crippen molar-refractivity contribution in [2.24, 2.45) is 5.73 Å². The third-order valence-electron chi connectivity index (χ3n) is 4.30. The van der Waals surface area contributed by atoms with Gasteiger partial charge >= 0.3 is 0 Å². The van der Waals surface area contributed by atoms with Crippen LogP contribution in [0.3, 0.4) is 0 Å². The number of carbonyl (C=O) groups excluding carboxylic acids is 2. The van der Waals surface area contributed by atoms with Crippen LogP contribution in [0.5, 0.6) is 0 Å². The zero-order valence-corrected chi connectivity index (χ0v) is 14.2. The Balaban J connectivity index is 1.78. The van der Waals surface area contributed by atoms with E-state index in [4.69, 9.17) is 10.5 Å². The van der Waals surface area contributed by atoms with E-state index in [1.807, 2.05) is 0 Å². The molecule has 1 aliphatic heterocycles. The molecule has 0 aliphatic carbocycles. The maximum atomic E-state index is 12.5. The number of hydrogen-bond acceptors (Lipinski definition) is 6. The Morgan fingerprint density at radius 2 is 1.89 bits per heavy atom. The van der Waals surface area contributed by atoms with E-state index in [-0.39, 0.29) is 11.1 Å². The molecule has 2 aromatic rings. The molecule has 1 aromatic heterocycles. The Bertz CT molecular complexity index is 858. The fraction of sp³-hybridized carbons (Fsp3) is 0.278. The van der Waals surface area contributed by atoms with Crippen molar-refractivity contribution in [1.29, 1.82) is 0 Å². The third-order valence-corrected chi connectivity index (χ3v) is 4.30. The van der Waals surface area contributed by atoms with E-state index < -0.39 is 43.0 Å². The van der Waals surface area contributed by atoms with Gasteiger partial charge in [0.1, 0.15) is 17.8 Å². The van der Waals surface area contributed by atoms with Crippen molar-refractivity contribution >= 4 is 17.5 Å². The van der Waals surface area contributed by atoms with Gasteiger partial charge in [0.2, 0.25) is 5.91 Å². The summed E-state index contributed by atoms with van der Waals surface area (Å²) in [6.45, 7) is -0.439. The van der Waals surface area contributed by atoms with Crippen LogP contribution in [0.2, 0.25) is 0 Å². The Morgan fingerprint density at radius 3 is 2.56 bits per heavy atom. The Morgan fingerprint density at radius 1 is 1.15 bits per heavy atom. The van der Waals surface area contributed by atoms with Gasteiger partial charge in [-0.25, -0.2) is 0 Å². The highest BCUT2D eigenvalue weighted by Gasteiger charge is 2.48. The summed E-state index contributed by atoms with van der Waals surface area (Å²) in [6, 6.07) is 9.36. The number of amides is 2. The van der Waals surface area contributed by atoms with E-state index in [2.05, 4.69) is 5.32 Å². The molecule has 3 rings (SSSR count). The van der Waals surface area contributed by atoms with Crippen LogP contribution in [-0.2, 0) is 4.74 Å². The number of rotatable bonds is 5. The second-order valence-corrected chi connectivity index (χ2v) is 6.17. The zero-order valence-electron chi connectivity index (χ0n) is 14.2. The number of hydrogen-bond donors (Lipinski definition) is 5. The van der Waals surface area contributed by atoms with Crippen LogP contribution in [0.4, 0.5) is 5.69 Å². The minimum Gasteiger partial charge on any atom is -0.394 e. The average molecular weight is 374 g/mol. The summed E-state index contributed by atoms with van der Waals surface area (Å²) in [5, 5.41) is 31.8. The highest BCUT2D eigenvalue weighted by molar-refractivity contribution is 6.04. The molecule has 0 saturated carbocycles. The molecule has 9 heteroatoms. The van der Waals surface area contributed by atoms with E-state index in [0.29, 0.717) is 5.69 Å². The smallest absolute Gasteiger partial charge is 0.292 e. The maximum Gasteiger partial charge on any atom is 0.292 e. The van der Waals surface area contributed by atoms with E-state index >= 15 is 0 Å². The fourth-order valence-corrected chi connectivity index (χ4v) is 2.87. The monoisotopic (exact) mass is 374 g/mol. The number of aliphatic hydroxyl groups is 3. The summed E-state index contributed by atoms with van der Waals surface area (Å²) in [4.78, 5) is 23.7. The van der Waals surface area contributed by atoms with Gasteiger partial charge in [-0.1, -0.05) is 6.07 Å². The Kier molecular flexibility index (Phi) is 5.47. The lowest BCUT2D eigenvalue weighted by Crippen LogP contribution is -2.46. The first-order chi connectivity index (χ1) is 12.9. The molecule has 1 aliphatic rings. The summed E-state index contributed by atoms with van der Waals surface area (Å²) < 4.78 is 6.89. The lowest BCUT2D eigenvalue weighted by molar-refractivity contribution is -0.765. The number of anilines is 1. The normalized spacial score (nSPS) is 24.6. The quantitative estimate of drug-likeness (QED) is 0.422. The molecule has 0 bridgehead atoms. The van der Waals surface area contributed by atoms with Gasteiger partial charge < -0.3 is 31.1 Å². The minimum absolute atomic E-state index is 0.264. The van der Waals surface area contributed by atoms with Crippen molar-refractivity contribution < 1.29 is 34.2 Å². The Hall–Kier alpha value is -2.85. The van der Waals surface area contributed by atoms with E-state index in [9.17, 15) is 24.9 Å². The highest BCUT2D eigenvalue weighted by Crippen LogP contribution is 2.25. The van der Waals surface area contributed by atoms with Crippen molar-refractivity contribution in [2.45, 2.75) is 24.5 Å². The van der Waals surface area contributed by atoms with Gasteiger partial charge in [0.25, 0.3) is 12.1 Å². The molecule has 2 heterocycles. The number of nitrogens with two attached hydrogens (primary N) is 1. The van der Waals surface area contributed by atoms with Gasteiger partial charge in [-0.3, -0.25) is 9.59 Å². The molecule has 9 nitrogen and oxygen atoms in total. The molecule has 0 spiro atoms. The maximum absolute atomic E-state index is 12.5. The minimum atomic E-state index is -1.25. The second kappa shape index (κ2) is 7.80. The van der Waals surface area contributed by atoms with Crippen LogP contribution >= 0.6 is 0 Å². The van der Waals surface area contributed by atoms with Crippen LogP contribution in [0.1, 0.15) is 26.9 Å². The van der Waals surface area contributed by atoms with Crippen molar-refractivity contribution in [3.8, 4) is 0 Å². The Labute approximate surface area is 154 Å². The standard InChI is InChI=1S/C18H19N3O6/c19-16(25)10-3-1-5-12(7-10)20-17(26)11-4-2-6-21(8-11)18-15(24)14(23)13(9-22)27-18/h1-8,13-15,18,22-24H,9H2,(H2-,19,20,25,26)/p+1/t13?,14-,15-,18?/m1/s1. The van der Waals surface area contributed by atoms with Gasteiger partial charge in [-0.05, 0) is 24.3 Å². The third kappa shape index (κ3) is 3.96. The predicted molar refractivity (Wildman–Crippen MR) is 92.6 cm³/mol. The molecule has 2 unspecified atom stereocenters. The van der Waals surface area contributed by atoms with Crippen molar-refractivity contribution in [1.82, 2.24) is 0 Å². The number of ether oxygens (including phenoxy) is 1. The first-order valence-electron chi connectivity index (χ1n) is 8.25. The van der Waals surface area contributed by atoms with Crippen LogP contribution < -0.4 is 15.6 Å². The fourth-order valence-electron chi connectivity index (χ4n) is 2.87. The molecule has 27 heavy (non-hydrogen) atoms. The molecular weight excluding hydrogens is 354 g/mol. The van der Waals surface area contributed by atoms with Crippen molar-refractivity contribution in [2.75, 3.05) is 11.9 Å². The molecule has 4 atom stereocenters. The first kappa shape index (κ1) is 18.9. The van der Waals surface area contributed by atoms with Gasteiger partial charge in [0.05, 0.1) is 6.61 Å². The molecular formula is C18H20N3O6+. The van der Waals surface area contributed by atoms with Crippen LogP contribution in [0.25, 0.3) is 0 Å². The van der Waals surface area contributed by atoms with Crippen LogP contribution in [0.15, 0.2) is 48.8 Å².